The van der Waals surface area contributed by atoms with Crippen LogP contribution in [-0.2, 0) is 17.8 Å². The number of carbonyl (C=O) groups excluding carboxylic acids is 1. The van der Waals surface area contributed by atoms with Gasteiger partial charge < -0.3 is 15.3 Å². The van der Waals surface area contributed by atoms with Crippen LogP contribution in [0.25, 0.3) is 0 Å². The highest BCUT2D eigenvalue weighted by molar-refractivity contribution is 5.91. The van der Waals surface area contributed by atoms with Crippen molar-refractivity contribution in [1.82, 2.24) is 9.78 Å². The van der Waals surface area contributed by atoms with Crippen LogP contribution in [0, 0.1) is 0 Å². The molecule has 1 amide bonds. The molecule has 1 heterocycles. The zero-order valence-electron chi connectivity index (χ0n) is 14.9. The summed E-state index contributed by atoms with van der Waals surface area (Å²) < 4.78 is 1.76. The Morgan fingerprint density at radius 2 is 1.69 bits per heavy atom. The van der Waals surface area contributed by atoms with E-state index in [9.17, 15) is 9.90 Å². The zero-order chi connectivity index (χ0) is 18.5. The minimum Gasteiger partial charge on any atom is -0.508 e. The summed E-state index contributed by atoms with van der Waals surface area (Å²) >= 11 is 0. The van der Waals surface area contributed by atoms with Crippen molar-refractivity contribution >= 4 is 17.4 Å². The normalized spacial score (nSPS) is 10.5. The van der Waals surface area contributed by atoms with E-state index in [0.29, 0.717) is 12.4 Å². The van der Waals surface area contributed by atoms with Crippen LogP contribution < -0.4 is 10.2 Å². The number of aromatic hydroxyl groups is 1. The van der Waals surface area contributed by atoms with Crippen LogP contribution in [0.4, 0.5) is 11.5 Å². The third kappa shape index (κ3) is 4.42. The number of nitrogens with one attached hydrogen (secondary N) is 1. The van der Waals surface area contributed by atoms with Gasteiger partial charge in [0, 0.05) is 25.8 Å². The Balaban J connectivity index is 1.64. The number of phenols is 1. The van der Waals surface area contributed by atoms with Gasteiger partial charge in [0.15, 0.2) is 0 Å². The lowest BCUT2D eigenvalue weighted by Gasteiger charge is -2.13. The molecule has 0 radical (unpaired) electrons. The molecule has 6 heteroatoms. The lowest BCUT2D eigenvalue weighted by Crippen LogP contribution is -2.18. The standard InChI is InChI=1S/C20H22N4O2/c1-23(2)17-7-3-16(4-8-17)14-24-19(11-12-21-24)22-20(26)13-15-5-9-18(25)10-6-15/h3-12,25H,13-14H2,1-2H3,(H,22,26). The van der Waals surface area contributed by atoms with E-state index in [4.69, 9.17) is 0 Å². The van der Waals surface area contributed by atoms with Crippen molar-refractivity contribution in [3.8, 4) is 5.75 Å². The number of rotatable bonds is 6. The Bertz CT molecular complexity index is 868. The van der Waals surface area contributed by atoms with Crippen molar-refractivity contribution in [2.24, 2.45) is 0 Å². The number of hydrogen-bond acceptors (Lipinski definition) is 4. The van der Waals surface area contributed by atoms with Crippen molar-refractivity contribution in [3.63, 3.8) is 0 Å². The van der Waals surface area contributed by atoms with Gasteiger partial charge in [-0.15, -0.1) is 0 Å². The summed E-state index contributed by atoms with van der Waals surface area (Å²) in [6.07, 6.45) is 1.91. The number of carbonyl (C=O) groups is 1. The van der Waals surface area contributed by atoms with Gasteiger partial charge >= 0.3 is 0 Å². The number of benzene rings is 2. The van der Waals surface area contributed by atoms with Crippen LogP contribution in [-0.4, -0.2) is 34.9 Å². The molecule has 6 nitrogen and oxygen atoms in total. The van der Waals surface area contributed by atoms with E-state index in [1.165, 1.54) is 0 Å². The van der Waals surface area contributed by atoms with Crippen LogP contribution in [0.1, 0.15) is 11.1 Å². The van der Waals surface area contributed by atoms with Crippen LogP contribution in [0.5, 0.6) is 5.75 Å². The minimum absolute atomic E-state index is 0.125. The molecule has 26 heavy (non-hydrogen) atoms. The van der Waals surface area contributed by atoms with E-state index in [-0.39, 0.29) is 18.1 Å². The van der Waals surface area contributed by atoms with Gasteiger partial charge in [-0.25, -0.2) is 4.68 Å². The Labute approximate surface area is 152 Å². The van der Waals surface area contributed by atoms with Crippen molar-refractivity contribution < 1.29 is 9.90 Å². The first-order chi connectivity index (χ1) is 12.5. The Hall–Kier alpha value is -3.28. The molecule has 0 aliphatic heterocycles. The maximum absolute atomic E-state index is 12.3. The molecule has 0 aliphatic rings. The third-order valence-electron chi connectivity index (χ3n) is 4.07. The topological polar surface area (TPSA) is 70.4 Å². The van der Waals surface area contributed by atoms with Gasteiger partial charge in [0.1, 0.15) is 11.6 Å². The van der Waals surface area contributed by atoms with Gasteiger partial charge in [-0.1, -0.05) is 24.3 Å². The second-order valence-electron chi connectivity index (χ2n) is 6.33. The zero-order valence-corrected chi connectivity index (χ0v) is 14.9. The molecule has 1 aromatic heterocycles. The largest absolute Gasteiger partial charge is 0.508 e. The molecule has 0 saturated carbocycles. The van der Waals surface area contributed by atoms with Crippen molar-refractivity contribution in [2.75, 3.05) is 24.3 Å². The highest BCUT2D eigenvalue weighted by atomic mass is 16.3. The van der Waals surface area contributed by atoms with Crippen LogP contribution in [0.2, 0.25) is 0 Å². The number of hydrogen-bond donors (Lipinski definition) is 2. The smallest absolute Gasteiger partial charge is 0.229 e. The summed E-state index contributed by atoms with van der Waals surface area (Å²) in [5.74, 6) is 0.721. The molecular formula is C20H22N4O2. The molecule has 0 saturated heterocycles. The monoisotopic (exact) mass is 350 g/mol. The molecule has 134 valence electrons. The Morgan fingerprint density at radius 3 is 2.35 bits per heavy atom. The van der Waals surface area contributed by atoms with E-state index in [0.717, 1.165) is 16.8 Å². The van der Waals surface area contributed by atoms with E-state index >= 15 is 0 Å². The summed E-state index contributed by atoms with van der Waals surface area (Å²) in [6.45, 7) is 0.579. The highest BCUT2D eigenvalue weighted by Crippen LogP contribution is 2.16. The molecule has 0 spiro atoms. The van der Waals surface area contributed by atoms with E-state index in [1.54, 1.807) is 41.2 Å². The third-order valence-corrected chi connectivity index (χ3v) is 4.07. The van der Waals surface area contributed by atoms with Gasteiger partial charge in [0.2, 0.25) is 5.91 Å². The first kappa shape index (κ1) is 17.5. The van der Waals surface area contributed by atoms with E-state index in [2.05, 4.69) is 34.7 Å². The second kappa shape index (κ2) is 7.74. The Morgan fingerprint density at radius 1 is 1.04 bits per heavy atom. The molecule has 0 aliphatic carbocycles. The first-order valence-electron chi connectivity index (χ1n) is 8.37. The molecule has 3 aromatic rings. The molecule has 0 bridgehead atoms. The fraction of sp³-hybridized carbons (Fsp3) is 0.200. The van der Waals surface area contributed by atoms with Gasteiger partial charge in [-0.05, 0) is 35.4 Å². The van der Waals surface area contributed by atoms with E-state index in [1.807, 2.05) is 19.0 Å². The van der Waals surface area contributed by atoms with Gasteiger partial charge in [-0.3, -0.25) is 4.79 Å². The molecule has 3 rings (SSSR count). The van der Waals surface area contributed by atoms with E-state index < -0.39 is 0 Å². The molecule has 0 fully saturated rings. The lowest BCUT2D eigenvalue weighted by atomic mass is 10.1. The molecule has 0 atom stereocenters. The number of nitrogens with zero attached hydrogens (tertiary/aromatic N) is 3. The van der Waals surface area contributed by atoms with Gasteiger partial charge in [0.25, 0.3) is 0 Å². The van der Waals surface area contributed by atoms with Gasteiger partial charge in [-0.2, -0.15) is 5.10 Å². The average molecular weight is 350 g/mol. The second-order valence-corrected chi connectivity index (χ2v) is 6.33. The number of anilines is 2. The maximum Gasteiger partial charge on any atom is 0.229 e. The SMILES string of the molecule is CN(C)c1ccc(Cn2nccc2NC(=O)Cc2ccc(O)cc2)cc1. The summed E-state index contributed by atoms with van der Waals surface area (Å²) in [5.41, 5.74) is 3.08. The average Bonchev–Trinajstić information content (AvgIpc) is 3.04. The lowest BCUT2D eigenvalue weighted by molar-refractivity contribution is -0.115. The molecule has 0 unspecified atom stereocenters. The molecule has 2 N–H and O–H groups in total. The predicted molar refractivity (Wildman–Crippen MR) is 103 cm³/mol. The van der Waals surface area contributed by atoms with Crippen LogP contribution in [0.15, 0.2) is 60.8 Å². The maximum atomic E-state index is 12.3. The summed E-state index contributed by atoms with van der Waals surface area (Å²) in [4.78, 5) is 14.3. The van der Waals surface area contributed by atoms with Crippen molar-refractivity contribution in [1.29, 1.82) is 0 Å². The fourth-order valence-electron chi connectivity index (χ4n) is 2.62. The van der Waals surface area contributed by atoms with Crippen molar-refractivity contribution in [3.05, 3.63) is 71.9 Å². The van der Waals surface area contributed by atoms with Crippen molar-refractivity contribution in [2.45, 2.75) is 13.0 Å². The number of aromatic nitrogens is 2. The predicted octanol–water partition coefficient (Wildman–Crippen LogP) is 2.88. The number of amides is 1. The van der Waals surface area contributed by atoms with Gasteiger partial charge in [0.05, 0.1) is 19.2 Å². The minimum atomic E-state index is -0.125. The fourth-order valence-corrected chi connectivity index (χ4v) is 2.62. The van der Waals surface area contributed by atoms with Crippen LogP contribution >= 0.6 is 0 Å². The molecule has 2 aromatic carbocycles. The first-order valence-corrected chi connectivity index (χ1v) is 8.37. The van der Waals surface area contributed by atoms with Crippen LogP contribution in [0.3, 0.4) is 0 Å². The summed E-state index contributed by atoms with van der Waals surface area (Å²) in [7, 11) is 4.01. The number of phenolic OH excluding ortho intramolecular Hbond substituents is 1. The quantitative estimate of drug-likeness (QED) is 0.717. The highest BCUT2D eigenvalue weighted by Gasteiger charge is 2.09. The molecular weight excluding hydrogens is 328 g/mol. The summed E-state index contributed by atoms with van der Waals surface area (Å²) in [6, 6.07) is 16.6. The Kier molecular flexibility index (Phi) is 5.22. The summed E-state index contributed by atoms with van der Waals surface area (Å²) in [5, 5.41) is 16.5.